The van der Waals surface area contributed by atoms with Gasteiger partial charge in [0.1, 0.15) is 0 Å². The molecule has 4 nitrogen and oxygen atoms in total. The summed E-state index contributed by atoms with van der Waals surface area (Å²) in [7, 11) is 0. The van der Waals surface area contributed by atoms with Gasteiger partial charge in [0.2, 0.25) is 0 Å². The van der Waals surface area contributed by atoms with Crippen molar-refractivity contribution in [2.75, 3.05) is 0 Å². The smallest absolute Gasteiger partial charge is 0.162 e. The number of rotatable bonds is 3. The van der Waals surface area contributed by atoms with Crippen LogP contribution in [-0.4, -0.2) is 19.9 Å². The van der Waals surface area contributed by atoms with Crippen LogP contribution in [0.3, 0.4) is 0 Å². The molecule has 4 aromatic heterocycles. The molecular formula is C34H20N4S. The van der Waals surface area contributed by atoms with Gasteiger partial charge in [-0.1, -0.05) is 91.0 Å². The molecule has 4 heterocycles. The highest BCUT2D eigenvalue weighted by atomic mass is 32.1. The van der Waals surface area contributed by atoms with Crippen molar-refractivity contribution in [2.45, 2.75) is 0 Å². The lowest BCUT2D eigenvalue weighted by Crippen LogP contribution is -1.95. The molecule has 182 valence electrons. The number of pyridine rings is 2. The van der Waals surface area contributed by atoms with Crippen LogP contribution >= 0.6 is 11.3 Å². The summed E-state index contributed by atoms with van der Waals surface area (Å²) < 4.78 is 2.31. The van der Waals surface area contributed by atoms with Crippen LogP contribution in [0.15, 0.2) is 121 Å². The first-order chi connectivity index (χ1) is 19.3. The lowest BCUT2D eigenvalue weighted by molar-refractivity contribution is 1.21. The Kier molecular flexibility index (Phi) is 4.96. The molecule has 0 aliphatic rings. The average Bonchev–Trinajstić information content (AvgIpc) is 3.39. The van der Waals surface area contributed by atoms with Crippen LogP contribution in [-0.2, 0) is 0 Å². The predicted molar refractivity (Wildman–Crippen MR) is 162 cm³/mol. The highest BCUT2D eigenvalue weighted by molar-refractivity contribution is 7.26. The quantitative estimate of drug-likeness (QED) is 0.220. The molecule has 0 aliphatic carbocycles. The van der Waals surface area contributed by atoms with Gasteiger partial charge >= 0.3 is 0 Å². The second kappa shape index (κ2) is 8.79. The third-order valence-corrected chi connectivity index (χ3v) is 8.31. The van der Waals surface area contributed by atoms with E-state index in [1.54, 1.807) is 11.3 Å². The summed E-state index contributed by atoms with van der Waals surface area (Å²) in [6.45, 7) is 0. The zero-order chi connectivity index (χ0) is 25.8. The molecule has 0 aliphatic heterocycles. The van der Waals surface area contributed by atoms with Crippen LogP contribution in [0.2, 0.25) is 0 Å². The molecule has 8 rings (SSSR count). The van der Waals surface area contributed by atoms with Crippen LogP contribution in [0, 0.1) is 0 Å². The summed E-state index contributed by atoms with van der Waals surface area (Å²) in [5.74, 6) is 0.667. The van der Waals surface area contributed by atoms with E-state index in [4.69, 9.17) is 19.9 Å². The van der Waals surface area contributed by atoms with Gasteiger partial charge in [-0.25, -0.2) is 15.0 Å². The van der Waals surface area contributed by atoms with Crippen LogP contribution in [0.25, 0.3) is 76.0 Å². The fraction of sp³-hybridized carbons (Fsp3) is 0. The average molecular weight is 517 g/mol. The first-order valence-electron chi connectivity index (χ1n) is 12.8. The van der Waals surface area contributed by atoms with Crippen molar-refractivity contribution in [2.24, 2.45) is 0 Å². The van der Waals surface area contributed by atoms with Gasteiger partial charge in [-0.3, -0.25) is 4.98 Å². The maximum Gasteiger partial charge on any atom is 0.162 e. The molecular weight excluding hydrogens is 496 g/mol. The Balaban J connectivity index is 1.31. The van der Waals surface area contributed by atoms with E-state index in [2.05, 4.69) is 84.9 Å². The van der Waals surface area contributed by atoms with Gasteiger partial charge in [0.15, 0.2) is 5.82 Å². The number of fused-ring (bicyclic) bond motifs is 6. The normalized spacial score (nSPS) is 11.6. The summed E-state index contributed by atoms with van der Waals surface area (Å²) in [6.07, 6.45) is 1.87. The van der Waals surface area contributed by atoms with E-state index >= 15 is 0 Å². The van der Waals surface area contributed by atoms with Crippen molar-refractivity contribution < 1.29 is 0 Å². The van der Waals surface area contributed by atoms with Crippen LogP contribution in [0.4, 0.5) is 0 Å². The van der Waals surface area contributed by atoms with Crippen LogP contribution in [0.5, 0.6) is 0 Å². The van der Waals surface area contributed by atoms with E-state index in [1.165, 1.54) is 10.1 Å². The molecule has 8 aromatic rings. The second-order valence-corrected chi connectivity index (χ2v) is 10.5. The molecule has 0 fully saturated rings. The van der Waals surface area contributed by atoms with E-state index < -0.39 is 0 Å². The molecule has 0 unspecified atom stereocenters. The molecule has 0 spiro atoms. The summed E-state index contributed by atoms with van der Waals surface area (Å²) in [4.78, 5) is 20.0. The van der Waals surface area contributed by atoms with Crippen LogP contribution < -0.4 is 0 Å². The lowest BCUT2D eigenvalue weighted by atomic mass is 10.0. The molecule has 0 saturated heterocycles. The predicted octanol–water partition coefficient (Wildman–Crippen LogP) is 8.94. The summed E-state index contributed by atoms with van der Waals surface area (Å²) >= 11 is 1.74. The number of hydrogen-bond acceptors (Lipinski definition) is 5. The molecule has 0 radical (unpaired) electrons. The number of thiophene rings is 1. The van der Waals surface area contributed by atoms with E-state index in [9.17, 15) is 0 Å². The Morgan fingerprint density at radius 2 is 1.21 bits per heavy atom. The number of hydrogen-bond donors (Lipinski definition) is 0. The standard InChI is InChI=1S/C34H20N4S/c1-2-10-21(11-3-1)30-33-32(26-15-7-9-17-29(26)39-33)38-34(37-30)22-18-19-28(35-20-22)31-25-14-5-4-12-23(25)24-13-6-8-16-27(24)36-31/h1-20H. The van der Waals surface area contributed by atoms with Crippen molar-refractivity contribution in [3.8, 4) is 34.0 Å². The summed E-state index contributed by atoms with van der Waals surface area (Å²) in [6, 6.07) is 39.5. The number of aromatic nitrogens is 4. The molecule has 0 saturated carbocycles. The number of benzene rings is 4. The monoisotopic (exact) mass is 516 g/mol. The highest BCUT2D eigenvalue weighted by Gasteiger charge is 2.17. The minimum atomic E-state index is 0.667. The third kappa shape index (κ3) is 3.59. The van der Waals surface area contributed by atoms with Gasteiger partial charge in [-0.05, 0) is 29.7 Å². The molecule has 5 heteroatoms. The van der Waals surface area contributed by atoms with Crippen molar-refractivity contribution >= 4 is 53.3 Å². The summed E-state index contributed by atoms with van der Waals surface area (Å²) in [5.41, 5.74) is 6.54. The van der Waals surface area contributed by atoms with Crippen molar-refractivity contribution in [1.29, 1.82) is 0 Å². The van der Waals surface area contributed by atoms with Crippen molar-refractivity contribution in [3.63, 3.8) is 0 Å². The van der Waals surface area contributed by atoms with Gasteiger partial charge in [-0.15, -0.1) is 11.3 Å². The highest BCUT2D eigenvalue weighted by Crippen LogP contribution is 2.39. The summed E-state index contributed by atoms with van der Waals surface area (Å²) in [5, 5.41) is 4.56. The first kappa shape index (κ1) is 22.0. The Morgan fingerprint density at radius 3 is 2.03 bits per heavy atom. The Hall–Kier alpha value is -5.00. The zero-order valence-corrected chi connectivity index (χ0v) is 21.6. The SMILES string of the molecule is c1ccc(-c2nc(-c3ccc(-c4nc5ccccc5c5ccccc45)nc3)nc3c2sc2ccccc23)cc1. The van der Waals surface area contributed by atoms with Crippen molar-refractivity contribution in [1.82, 2.24) is 19.9 Å². The molecule has 39 heavy (non-hydrogen) atoms. The number of nitrogens with zero attached hydrogens (tertiary/aromatic N) is 4. The van der Waals surface area contributed by atoms with Gasteiger partial charge in [-0.2, -0.15) is 0 Å². The fourth-order valence-electron chi connectivity index (χ4n) is 5.28. The zero-order valence-electron chi connectivity index (χ0n) is 20.7. The largest absolute Gasteiger partial charge is 0.254 e. The van der Waals surface area contributed by atoms with Crippen LogP contribution in [0.1, 0.15) is 0 Å². The van der Waals surface area contributed by atoms with Gasteiger partial charge in [0.25, 0.3) is 0 Å². The van der Waals surface area contributed by atoms with Gasteiger partial charge in [0, 0.05) is 38.2 Å². The molecule has 0 amide bonds. The third-order valence-electron chi connectivity index (χ3n) is 7.14. The fourth-order valence-corrected chi connectivity index (χ4v) is 6.43. The molecule has 0 N–H and O–H groups in total. The Labute approximate surface area is 228 Å². The topological polar surface area (TPSA) is 51.6 Å². The molecule has 0 atom stereocenters. The second-order valence-electron chi connectivity index (χ2n) is 9.49. The minimum absolute atomic E-state index is 0.667. The number of para-hydroxylation sites is 1. The maximum atomic E-state index is 5.07. The van der Waals surface area contributed by atoms with E-state index in [0.29, 0.717) is 5.82 Å². The molecule has 4 aromatic carbocycles. The Bertz CT molecular complexity index is 2170. The lowest BCUT2D eigenvalue weighted by Gasteiger charge is -2.10. The van der Waals surface area contributed by atoms with E-state index in [-0.39, 0.29) is 0 Å². The van der Waals surface area contributed by atoms with Crippen molar-refractivity contribution in [3.05, 3.63) is 121 Å². The first-order valence-corrected chi connectivity index (χ1v) is 13.6. The maximum absolute atomic E-state index is 5.07. The minimum Gasteiger partial charge on any atom is -0.254 e. The van der Waals surface area contributed by atoms with E-state index in [0.717, 1.165) is 60.1 Å². The Morgan fingerprint density at radius 1 is 0.487 bits per heavy atom. The van der Waals surface area contributed by atoms with E-state index in [1.807, 2.05) is 36.5 Å². The van der Waals surface area contributed by atoms with Gasteiger partial charge < -0.3 is 0 Å². The van der Waals surface area contributed by atoms with Gasteiger partial charge in [0.05, 0.1) is 32.8 Å². The molecule has 0 bridgehead atoms.